The fraction of sp³-hybridized carbons (Fsp3) is 1.00. The molecule has 2 atom stereocenters. The van der Waals surface area contributed by atoms with E-state index in [1.54, 1.807) is 6.92 Å². The maximum atomic E-state index is 13.9. The lowest BCUT2D eigenvalue weighted by Gasteiger charge is -2.34. The molecule has 0 aromatic rings. The summed E-state index contributed by atoms with van der Waals surface area (Å²) in [6.45, 7) is 1.72. The molecular formula is C12H16F8O4S. The first-order valence-electron chi connectivity index (χ1n) is 7.18. The Kier molecular flexibility index (Phi) is 6.08. The first-order valence-corrected chi connectivity index (χ1v) is 8.62. The van der Waals surface area contributed by atoms with E-state index in [-0.39, 0.29) is 12.3 Å². The third-order valence-corrected chi connectivity index (χ3v) is 4.94. The zero-order chi connectivity index (χ0) is 19.9. The molecule has 13 heteroatoms. The summed E-state index contributed by atoms with van der Waals surface area (Å²) in [5.41, 5.74) is 0. The summed E-state index contributed by atoms with van der Waals surface area (Å²) in [4.78, 5) is 0. The average molecular weight is 408 g/mol. The van der Waals surface area contributed by atoms with Crippen LogP contribution in [0.3, 0.4) is 0 Å². The Morgan fingerprint density at radius 3 is 1.96 bits per heavy atom. The van der Waals surface area contributed by atoms with Gasteiger partial charge in [-0.25, -0.2) is 4.74 Å². The van der Waals surface area contributed by atoms with Gasteiger partial charge in [-0.2, -0.15) is 43.5 Å². The molecule has 0 bridgehead atoms. The molecule has 0 spiro atoms. The van der Waals surface area contributed by atoms with Gasteiger partial charge in [-0.15, -0.1) is 0 Å². The Morgan fingerprint density at radius 1 is 1.00 bits per heavy atom. The molecule has 1 saturated carbocycles. The van der Waals surface area contributed by atoms with Crippen LogP contribution in [0.25, 0.3) is 0 Å². The summed E-state index contributed by atoms with van der Waals surface area (Å²) in [5.74, 6) is -7.69. The topological polar surface area (TPSA) is 63.6 Å². The summed E-state index contributed by atoms with van der Waals surface area (Å²) < 4.78 is 137. The first kappa shape index (κ1) is 22.4. The largest absolute Gasteiger partial charge is 0.460 e. The third kappa shape index (κ3) is 4.18. The highest BCUT2D eigenvalue weighted by molar-refractivity contribution is 7.86. The highest BCUT2D eigenvalue weighted by Gasteiger charge is 2.75. The monoisotopic (exact) mass is 408 g/mol. The van der Waals surface area contributed by atoms with Gasteiger partial charge in [0, 0.05) is 5.92 Å². The molecule has 1 N–H and O–H groups in total. The first-order chi connectivity index (χ1) is 11.0. The molecule has 1 aliphatic carbocycles. The van der Waals surface area contributed by atoms with Gasteiger partial charge in [-0.3, -0.25) is 4.55 Å². The van der Waals surface area contributed by atoms with Gasteiger partial charge in [0.05, 0.1) is 0 Å². The van der Waals surface area contributed by atoms with Crippen LogP contribution in [0.5, 0.6) is 0 Å². The van der Waals surface area contributed by atoms with E-state index in [2.05, 4.69) is 4.74 Å². The molecule has 0 amide bonds. The van der Waals surface area contributed by atoms with Crippen LogP contribution in [0.4, 0.5) is 35.1 Å². The number of ether oxygens (including phenoxy) is 1. The second-order valence-corrected chi connectivity index (χ2v) is 7.38. The van der Waals surface area contributed by atoms with Crippen LogP contribution < -0.4 is 0 Å². The van der Waals surface area contributed by atoms with E-state index in [0.717, 1.165) is 0 Å². The highest BCUT2D eigenvalue weighted by atomic mass is 32.2. The van der Waals surface area contributed by atoms with Gasteiger partial charge in [-0.05, 0) is 25.2 Å². The Hall–Kier alpha value is -0.690. The maximum absolute atomic E-state index is 13.9. The zero-order valence-electron chi connectivity index (χ0n) is 12.8. The molecule has 1 rings (SSSR count). The molecule has 150 valence electrons. The van der Waals surface area contributed by atoms with Crippen molar-refractivity contribution in [2.24, 2.45) is 11.8 Å². The van der Waals surface area contributed by atoms with E-state index in [0.29, 0.717) is 12.8 Å². The zero-order valence-corrected chi connectivity index (χ0v) is 13.6. The summed E-state index contributed by atoms with van der Waals surface area (Å²) in [7, 11) is -6.90. The molecule has 0 aromatic carbocycles. The van der Waals surface area contributed by atoms with Crippen LogP contribution in [0.1, 0.15) is 39.0 Å². The molecule has 0 aromatic heterocycles. The maximum Gasteiger partial charge on any atom is 0.460 e. The third-order valence-electron chi connectivity index (χ3n) is 4.06. The van der Waals surface area contributed by atoms with Gasteiger partial charge in [-0.1, -0.05) is 19.8 Å². The Bertz CT molecular complexity index is 578. The van der Waals surface area contributed by atoms with Crippen molar-refractivity contribution in [2.75, 3.05) is 0 Å². The van der Waals surface area contributed by atoms with Gasteiger partial charge in [0.25, 0.3) is 0 Å². The summed E-state index contributed by atoms with van der Waals surface area (Å²) in [6.07, 6.45) is -12.4. The van der Waals surface area contributed by atoms with E-state index in [4.69, 9.17) is 4.55 Å². The van der Waals surface area contributed by atoms with Gasteiger partial charge in [0.2, 0.25) is 0 Å². The molecule has 0 radical (unpaired) electrons. The fourth-order valence-electron chi connectivity index (χ4n) is 2.75. The molecule has 1 aliphatic rings. The van der Waals surface area contributed by atoms with Crippen molar-refractivity contribution in [3.8, 4) is 0 Å². The normalized spacial score (nSPS) is 23.9. The summed E-state index contributed by atoms with van der Waals surface area (Å²) >= 11 is 0. The summed E-state index contributed by atoms with van der Waals surface area (Å²) in [5, 5.41) is -6.54. The smallest absolute Gasteiger partial charge is 0.281 e. The molecule has 25 heavy (non-hydrogen) atoms. The van der Waals surface area contributed by atoms with Gasteiger partial charge < -0.3 is 0 Å². The second kappa shape index (κ2) is 6.80. The molecule has 1 fully saturated rings. The molecule has 0 aliphatic heterocycles. The van der Waals surface area contributed by atoms with E-state index in [9.17, 15) is 43.5 Å². The predicted octanol–water partition coefficient (Wildman–Crippen LogP) is 4.52. The van der Waals surface area contributed by atoms with Gasteiger partial charge >= 0.3 is 33.5 Å². The van der Waals surface area contributed by atoms with Gasteiger partial charge in [0.1, 0.15) is 0 Å². The van der Waals surface area contributed by atoms with Crippen LogP contribution in [0, 0.1) is 11.8 Å². The minimum absolute atomic E-state index is 0.127. The van der Waals surface area contributed by atoms with E-state index in [1.165, 1.54) is 0 Å². The van der Waals surface area contributed by atoms with Crippen LogP contribution >= 0.6 is 0 Å². The van der Waals surface area contributed by atoms with E-state index >= 15 is 0 Å². The van der Waals surface area contributed by atoms with Crippen molar-refractivity contribution in [1.82, 2.24) is 0 Å². The van der Waals surface area contributed by atoms with Crippen LogP contribution in [0.2, 0.25) is 0 Å². The molecule has 2 unspecified atom stereocenters. The number of rotatable bonds is 8. The van der Waals surface area contributed by atoms with Crippen LogP contribution in [-0.2, 0) is 14.9 Å². The Morgan fingerprint density at radius 2 is 1.52 bits per heavy atom. The van der Waals surface area contributed by atoms with Crippen molar-refractivity contribution in [1.29, 1.82) is 0 Å². The van der Waals surface area contributed by atoms with Crippen LogP contribution in [-0.4, -0.2) is 36.4 Å². The molecule has 0 saturated heterocycles. The fourth-order valence-corrected chi connectivity index (χ4v) is 3.09. The second-order valence-electron chi connectivity index (χ2n) is 5.92. The van der Waals surface area contributed by atoms with E-state index in [1.807, 2.05) is 0 Å². The molecular weight excluding hydrogens is 392 g/mol. The number of hydrogen-bond acceptors (Lipinski definition) is 3. The Balaban J connectivity index is 3.03. The van der Waals surface area contributed by atoms with Crippen molar-refractivity contribution in [3.63, 3.8) is 0 Å². The quantitative estimate of drug-likeness (QED) is 0.474. The lowest BCUT2D eigenvalue weighted by molar-refractivity contribution is -0.462. The molecule has 0 heterocycles. The standard InChI is InChI=1S/C12H16F8O4S/c1-2-3-7-4-5-8(6-7)9(13,14)10(15,16)24-11(17,18)12(19,20)25(21,22)23/h7-8H,2-6H2,1H3,(H,21,22,23). The van der Waals surface area contributed by atoms with Crippen molar-refractivity contribution >= 4 is 10.1 Å². The van der Waals surface area contributed by atoms with Crippen molar-refractivity contribution in [3.05, 3.63) is 0 Å². The minimum atomic E-state index is -6.90. The van der Waals surface area contributed by atoms with Crippen LogP contribution in [0.15, 0.2) is 0 Å². The lowest BCUT2D eigenvalue weighted by Crippen LogP contribution is -2.57. The lowest BCUT2D eigenvalue weighted by atomic mass is 9.95. The number of alkyl halides is 8. The number of halogens is 8. The average Bonchev–Trinajstić information content (AvgIpc) is 2.85. The SMILES string of the molecule is CCCC1CCC(C(F)(F)C(F)(F)OC(F)(F)C(F)(F)S(=O)(=O)O)C1. The molecule has 4 nitrogen and oxygen atoms in total. The summed E-state index contributed by atoms with van der Waals surface area (Å²) in [6, 6.07) is 0. The predicted molar refractivity (Wildman–Crippen MR) is 68.2 cm³/mol. The Labute approximate surface area is 138 Å². The number of hydrogen-bond donors (Lipinski definition) is 1. The van der Waals surface area contributed by atoms with Crippen molar-refractivity contribution < 1.29 is 52.8 Å². The van der Waals surface area contributed by atoms with Gasteiger partial charge in [0.15, 0.2) is 0 Å². The minimum Gasteiger partial charge on any atom is -0.281 e. The van der Waals surface area contributed by atoms with E-state index < -0.39 is 52.3 Å². The van der Waals surface area contributed by atoms with Crippen molar-refractivity contribution in [2.45, 2.75) is 62.4 Å². The highest BCUT2D eigenvalue weighted by Crippen LogP contribution is 2.53.